The van der Waals surface area contributed by atoms with Crippen molar-refractivity contribution in [1.82, 2.24) is 5.32 Å². The second-order valence-corrected chi connectivity index (χ2v) is 6.79. The molecule has 0 aromatic heterocycles. The van der Waals surface area contributed by atoms with Crippen LogP contribution in [0, 0.1) is 5.41 Å². The molecule has 21 heavy (non-hydrogen) atoms. The van der Waals surface area contributed by atoms with E-state index in [-0.39, 0.29) is 17.2 Å². The Labute approximate surface area is 125 Å². The highest BCUT2D eigenvalue weighted by Crippen LogP contribution is 2.53. The van der Waals surface area contributed by atoms with Crippen LogP contribution in [0.1, 0.15) is 45.2 Å². The molecule has 1 aromatic carbocycles. The van der Waals surface area contributed by atoms with Crippen LogP contribution in [0.15, 0.2) is 24.3 Å². The van der Waals surface area contributed by atoms with Crippen molar-refractivity contribution in [3.05, 3.63) is 29.8 Å². The number of aromatic hydroxyl groups is 1. The van der Waals surface area contributed by atoms with Crippen LogP contribution in [0.2, 0.25) is 0 Å². The summed E-state index contributed by atoms with van der Waals surface area (Å²) < 4.78 is 5.23. The third kappa shape index (κ3) is 4.11. The van der Waals surface area contributed by atoms with Crippen molar-refractivity contribution in [3.63, 3.8) is 0 Å². The number of benzene rings is 1. The summed E-state index contributed by atoms with van der Waals surface area (Å²) in [5.41, 5.74) is 6.56. The van der Waals surface area contributed by atoms with E-state index in [4.69, 9.17) is 10.5 Å². The Hall–Kier alpha value is -1.75. The lowest BCUT2D eigenvalue weighted by Crippen LogP contribution is -2.39. The van der Waals surface area contributed by atoms with Crippen molar-refractivity contribution in [2.45, 2.75) is 45.3 Å². The molecule has 1 saturated carbocycles. The van der Waals surface area contributed by atoms with Crippen molar-refractivity contribution in [2.24, 2.45) is 11.1 Å². The summed E-state index contributed by atoms with van der Waals surface area (Å²) >= 11 is 0. The van der Waals surface area contributed by atoms with Crippen molar-refractivity contribution in [1.29, 1.82) is 0 Å². The lowest BCUT2D eigenvalue weighted by Gasteiger charge is -2.25. The number of phenols is 1. The molecule has 0 bridgehead atoms. The largest absolute Gasteiger partial charge is 0.508 e. The predicted octanol–water partition coefficient (Wildman–Crippen LogP) is 2.70. The summed E-state index contributed by atoms with van der Waals surface area (Å²) in [4.78, 5) is 11.7. The topological polar surface area (TPSA) is 84.6 Å². The van der Waals surface area contributed by atoms with Gasteiger partial charge in [-0.2, -0.15) is 0 Å². The van der Waals surface area contributed by atoms with Crippen LogP contribution in [-0.2, 0) is 4.74 Å². The number of carbonyl (C=O) groups is 1. The molecule has 1 amide bonds. The Balaban J connectivity index is 1.95. The summed E-state index contributed by atoms with van der Waals surface area (Å²) in [5.74, 6) is 0.207. The average molecular weight is 292 g/mol. The molecule has 1 aliphatic rings. The molecule has 116 valence electrons. The van der Waals surface area contributed by atoms with Gasteiger partial charge in [0.25, 0.3) is 0 Å². The minimum atomic E-state index is -0.506. The third-order valence-electron chi connectivity index (χ3n) is 3.76. The first-order chi connectivity index (χ1) is 9.72. The van der Waals surface area contributed by atoms with E-state index in [1.807, 2.05) is 26.8 Å². The van der Waals surface area contributed by atoms with Gasteiger partial charge in [-0.3, -0.25) is 0 Å². The lowest BCUT2D eigenvalue weighted by molar-refractivity contribution is 0.0513. The fraction of sp³-hybridized carbons (Fsp3) is 0.562. The Kier molecular flexibility index (Phi) is 4.14. The molecule has 1 atom stereocenters. The van der Waals surface area contributed by atoms with Gasteiger partial charge in [-0.1, -0.05) is 12.1 Å². The van der Waals surface area contributed by atoms with Gasteiger partial charge in [-0.25, -0.2) is 4.79 Å². The molecule has 0 saturated heterocycles. The zero-order valence-electron chi connectivity index (χ0n) is 12.8. The van der Waals surface area contributed by atoms with Gasteiger partial charge >= 0.3 is 6.09 Å². The van der Waals surface area contributed by atoms with Gasteiger partial charge in [0.05, 0.1) is 0 Å². The summed E-state index contributed by atoms with van der Waals surface area (Å²) in [6, 6.07) is 6.77. The molecule has 4 N–H and O–H groups in total. The van der Waals surface area contributed by atoms with E-state index in [0.29, 0.717) is 6.54 Å². The number of amides is 1. The van der Waals surface area contributed by atoms with Gasteiger partial charge in [0.2, 0.25) is 0 Å². The first-order valence-corrected chi connectivity index (χ1v) is 7.23. The molecule has 0 heterocycles. The molecular formula is C16H24N2O3. The first kappa shape index (κ1) is 15.6. The zero-order chi connectivity index (χ0) is 15.7. The SMILES string of the molecule is CC(C)(C)OC(=O)NCC1(C(N)c2cccc(O)c2)CC1. The molecule has 0 aliphatic heterocycles. The van der Waals surface area contributed by atoms with Crippen LogP contribution in [0.3, 0.4) is 0 Å². The van der Waals surface area contributed by atoms with Gasteiger partial charge in [-0.15, -0.1) is 0 Å². The number of nitrogens with one attached hydrogen (secondary N) is 1. The Morgan fingerprint density at radius 2 is 2.14 bits per heavy atom. The molecule has 5 heteroatoms. The minimum Gasteiger partial charge on any atom is -0.508 e. The molecule has 2 rings (SSSR count). The highest BCUT2D eigenvalue weighted by atomic mass is 16.6. The highest BCUT2D eigenvalue weighted by Gasteiger charge is 2.48. The number of rotatable bonds is 4. The Bertz CT molecular complexity index is 518. The van der Waals surface area contributed by atoms with E-state index in [2.05, 4.69) is 5.32 Å². The third-order valence-corrected chi connectivity index (χ3v) is 3.76. The fourth-order valence-electron chi connectivity index (χ4n) is 2.39. The Morgan fingerprint density at radius 3 is 2.67 bits per heavy atom. The summed E-state index contributed by atoms with van der Waals surface area (Å²) in [6.45, 7) is 5.98. The molecule has 0 radical (unpaired) electrons. The van der Waals surface area contributed by atoms with Gasteiger partial charge in [-0.05, 0) is 51.3 Å². The van der Waals surface area contributed by atoms with E-state index in [0.717, 1.165) is 18.4 Å². The standard InChI is InChI=1S/C16H24N2O3/c1-15(2,3)21-14(20)18-10-16(7-8-16)13(17)11-5-4-6-12(19)9-11/h4-6,9,13,19H,7-8,10,17H2,1-3H3,(H,18,20). The van der Waals surface area contributed by atoms with Crippen molar-refractivity contribution >= 4 is 6.09 Å². The van der Waals surface area contributed by atoms with E-state index in [9.17, 15) is 9.90 Å². The normalized spacial score (nSPS) is 17.9. The van der Waals surface area contributed by atoms with Crippen LogP contribution >= 0.6 is 0 Å². The van der Waals surface area contributed by atoms with E-state index in [1.54, 1.807) is 18.2 Å². The van der Waals surface area contributed by atoms with Crippen molar-refractivity contribution < 1.29 is 14.6 Å². The summed E-state index contributed by atoms with van der Waals surface area (Å²) in [5, 5.41) is 12.4. The minimum absolute atomic E-state index is 0.134. The average Bonchev–Trinajstić information content (AvgIpc) is 3.15. The molecule has 1 aliphatic carbocycles. The molecular weight excluding hydrogens is 268 g/mol. The summed E-state index contributed by atoms with van der Waals surface area (Å²) in [6.07, 6.45) is 1.50. The van der Waals surface area contributed by atoms with Gasteiger partial charge in [0.15, 0.2) is 0 Å². The van der Waals surface area contributed by atoms with Crippen molar-refractivity contribution in [2.75, 3.05) is 6.54 Å². The monoisotopic (exact) mass is 292 g/mol. The summed E-state index contributed by atoms with van der Waals surface area (Å²) in [7, 11) is 0. The van der Waals surface area contributed by atoms with Crippen LogP contribution < -0.4 is 11.1 Å². The quantitative estimate of drug-likeness (QED) is 0.796. The molecule has 1 aromatic rings. The number of hydrogen-bond donors (Lipinski definition) is 3. The van der Waals surface area contributed by atoms with Crippen molar-refractivity contribution in [3.8, 4) is 5.75 Å². The molecule has 0 spiro atoms. The number of ether oxygens (including phenoxy) is 1. The second kappa shape index (κ2) is 5.56. The van der Waals surface area contributed by atoms with Crippen LogP contribution in [0.5, 0.6) is 5.75 Å². The highest BCUT2D eigenvalue weighted by molar-refractivity contribution is 5.67. The fourth-order valence-corrected chi connectivity index (χ4v) is 2.39. The van der Waals surface area contributed by atoms with Gasteiger partial charge in [0, 0.05) is 18.0 Å². The van der Waals surface area contributed by atoms with E-state index < -0.39 is 11.7 Å². The maximum atomic E-state index is 11.7. The lowest BCUT2D eigenvalue weighted by atomic mass is 9.90. The van der Waals surface area contributed by atoms with E-state index >= 15 is 0 Å². The maximum Gasteiger partial charge on any atom is 0.407 e. The number of carbonyl (C=O) groups excluding carboxylic acids is 1. The van der Waals surface area contributed by atoms with E-state index in [1.165, 1.54) is 0 Å². The van der Waals surface area contributed by atoms with Gasteiger partial charge < -0.3 is 20.9 Å². The molecule has 1 fully saturated rings. The predicted molar refractivity (Wildman–Crippen MR) is 80.9 cm³/mol. The molecule has 1 unspecified atom stereocenters. The number of hydrogen-bond acceptors (Lipinski definition) is 4. The molecule has 5 nitrogen and oxygen atoms in total. The first-order valence-electron chi connectivity index (χ1n) is 7.23. The van der Waals surface area contributed by atoms with Crippen LogP contribution in [0.4, 0.5) is 4.79 Å². The number of phenolic OH excluding ortho intramolecular Hbond substituents is 1. The number of alkyl carbamates (subject to hydrolysis) is 1. The number of nitrogens with two attached hydrogens (primary N) is 1. The Morgan fingerprint density at radius 1 is 1.48 bits per heavy atom. The van der Waals surface area contributed by atoms with Crippen LogP contribution in [0.25, 0.3) is 0 Å². The smallest absolute Gasteiger partial charge is 0.407 e. The maximum absolute atomic E-state index is 11.7. The second-order valence-electron chi connectivity index (χ2n) is 6.79. The van der Waals surface area contributed by atoms with Gasteiger partial charge in [0.1, 0.15) is 11.4 Å². The van der Waals surface area contributed by atoms with Crippen LogP contribution in [-0.4, -0.2) is 23.3 Å². The zero-order valence-corrected chi connectivity index (χ0v) is 12.8.